The SMILES string of the molecule is CCOC1CN(c2cccnc2)CC1Nc1nc(CC)c(-c2ccc(Cl)cc2Cl)nc1CC. The number of pyridine rings is 1. The maximum absolute atomic E-state index is 6.50. The summed E-state index contributed by atoms with van der Waals surface area (Å²) in [6, 6.07) is 9.61. The lowest BCUT2D eigenvalue weighted by Crippen LogP contribution is -2.35. The lowest BCUT2D eigenvalue weighted by atomic mass is 10.1. The van der Waals surface area contributed by atoms with Gasteiger partial charge in [-0.3, -0.25) is 4.98 Å². The maximum Gasteiger partial charge on any atom is 0.148 e. The molecule has 0 aliphatic carbocycles. The molecule has 2 atom stereocenters. The van der Waals surface area contributed by atoms with Crippen molar-refractivity contribution in [1.82, 2.24) is 15.0 Å². The molecule has 1 aliphatic heterocycles. The van der Waals surface area contributed by atoms with E-state index in [2.05, 4.69) is 35.1 Å². The molecule has 3 aromatic rings. The quantitative estimate of drug-likeness (QED) is 0.442. The standard InChI is InChI=1S/C25H29Cl2N5O/c1-4-20-24(18-10-9-16(26)12-19(18)27)29-21(5-2)25(30-20)31-22-14-32(15-23(22)33-6-3)17-8-7-11-28-13-17/h7-13,22-23H,4-6,14-15H2,1-3H3,(H,30,31). The monoisotopic (exact) mass is 485 g/mol. The van der Waals surface area contributed by atoms with Crippen molar-refractivity contribution in [3.05, 3.63) is 64.2 Å². The van der Waals surface area contributed by atoms with Crippen molar-refractivity contribution in [2.45, 2.75) is 45.8 Å². The zero-order valence-electron chi connectivity index (χ0n) is 19.2. The fourth-order valence-electron chi connectivity index (χ4n) is 4.23. The Kier molecular flexibility index (Phi) is 7.68. The molecule has 6 nitrogen and oxygen atoms in total. The summed E-state index contributed by atoms with van der Waals surface area (Å²) < 4.78 is 6.09. The van der Waals surface area contributed by atoms with Crippen molar-refractivity contribution in [2.75, 3.05) is 29.9 Å². The summed E-state index contributed by atoms with van der Waals surface area (Å²) >= 11 is 12.6. The van der Waals surface area contributed by atoms with E-state index in [4.69, 9.17) is 37.9 Å². The molecular formula is C25H29Cl2N5O. The van der Waals surface area contributed by atoms with Gasteiger partial charge in [0.15, 0.2) is 0 Å². The molecule has 1 saturated heterocycles. The molecule has 1 fully saturated rings. The van der Waals surface area contributed by atoms with Gasteiger partial charge < -0.3 is 15.0 Å². The minimum atomic E-state index is 0.0391. The Bertz CT molecular complexity index is 1100. The van der Waals surface area contributed by atoms with Gasteiger partial charge in [-0.1, -0.05) is 37.0 Å². The van der Waals surface area contributed by atoms with Gasteiger partial charge >= 0.3 is 0 Å². The summed E-state index contributed by atoms with van der Waals surface area (Å²) in [6.45, 7) is 8.45. The van der Waals surface area contributed by atoms with Gasteiger partial charge in [-0.15, -0.1) is 0 Å². The molecule has 0 bridgehead atoms. The Morgan fingerprint density at radius 3 is 2.55 bits per heavy atom. The Morgan fingerprint density at radius 1 is 1.06 bits per heavy atom. The average molecular weight is 486 g/mol. The van der Waals surface area contributed by atoms with Crippen molar-refractivity contribution in [1.29, 1.82) is 0 Å². The second-order valence-electron chi connectivity index (χ2n) is 8.01. The number of nitrogens with one attached hydrogen (secondary N) is 1. The molecule has 33 heavy (non-hydrogen) atoms. The average Bonchev–Trinajstić information content (AvgIpc) is 3.22. The molecule has 1 N–H and O–H groups in total. The molecule has 4 rings (SSSR count). The molecule has 0 amide bonds. The second kappa shape index (κ2) is 10.7. The normalized spacial score (nSPS) is 18.0. The molecule has 0 radical (unpaired) electrons. The molecule has 8 heteroatoms. The molecule has 2 aromatic heterocycles. The van der Waals surface area contributed by atoms with Crippen molar-refractivity contribution < 1.29 is 4.74 Å². The second-order valence-corrected chi connectivity index (χ2v) is 8.85. The van der Waals surface area contributed by atoms with Crippen LogP contribution in [0.2, 0.25) is 10.0 Å². The molecule has 2 unspecified atom stereocenters. The van der Waals surface area contributed by atoms with E-state index in [-0.39, 0.29) is 12.1 Å². The zero-order chi connectivity index (χ0) is 23.4. The van der Waals surface area contributed by atoms with E-state index >= 15 is 0 Å². The molecule has 0 spiro atoms. The summed E-state index contributed by atoms with van der Waals surface area (Å²) in [7, 11) is 0. The molecule has 3 heterocycles. The van der Waals surface area contributed by atoms with Crippen molar-refractivity contribution >= 4 is 34.7 Å². The van der Waals surface area contributed by atoms with Crippen LogP contribution in [-0.2, 0) is 17.6 Å². The zero-order valence-corrected chi connectivity index (χ0v) is 20.7. The number of anilines is 2. The maximum atomic E-state index is 6.50. The van der Waals surface area contributed by atoms with E-state index < -0.39 is 0 Å². The van der Waals surface area contributed by atoms with Crippen LogP contribution >= 0.6 is 23.2 Å². The number of ether oxygens (including phenoxy) is 1. The van der Waals surface area contributed by atoms with Crippen LogP contribution in [0.15, 0.2) is 42.7 Å². The van der Waals surface area contributed by atoms with E-state index in [1.165, 1.54) is 0 Å². The highest BCUT2D eigenvalue weighted by Crippen LogP contribution is 2.33. The predicted molar refractivity (Wildman–Crippen MR) is 136 cm³/mol. The highest BCUT2D eigenvalue weighted by molar-refractivity contribution is 6.36. The number of halogens is 2. The number of rotatable bonds is 8. The van der Waals surface area contributed by atoms with Crippen LogP contribution in [0.25, 0.3) is 11.3 Å². The highest BCUT2D eigenvalue weighted by Gasteiger charge is 2.34. The number of hydrogen-bond acceptors (Lipinski definition) is 6. The lowest BCUT2D eigenvalue weighted by Gasteiger charge is -2.22. The predicted octanol–water partition coefficient (Wildman–Crippen LogP) is 5.68. The van der Waals surface area contributed by atoms with Crippen LogP contribution in [0.5, 0.6) is 0 Å². The van der Waals surface area contributed by atoms with Gasteiger partial charge in [0.1, 0.15) is 5.82 Å². The van der Waals surface area contributed by atoms with Crippen LogP contribution in [-0.4, -0.2) is 46.8 Å². The van der Waals surface area contributed by atoms with Crippen LogP contribution in [0.3, 0.4) is 0 Å². The Hall–Kier alpha value is -2.41. The van der Waals surface area contributed by atoms with Crippen LogP contribution in [0.1, 0.15) is 32.2 Å². The summed E-state index contributed by atoms with van der Waals surface area (Å²) in [5.41, 5.74) is 4.56. The van der Waals surface area contributed by atoms with Crippen LogP contribution in [0, 0.1) is 0 Å². The van der Waals surface area contributed by atoms with Crippen molar-refractivity contribution in [2.24, 2.45) is 0 Å². The van der Waals surface area contributed by atoms with Gasteiger partial charge in [0.25, 0.3) is 0 Å². The lowest BCUT2D eigenvalue weighted by molar-refractivity contribution is 0.0719. The van der Waals surface area contributed by atoms with Crippen molar-refractivity contribution in [3.8, 4) is 11.3 Å². The Labute approximate surface area is 205 Å². The van der Waals surface area contributed by atoms with Gasteiger partial charge in [-0.05, 0) is 50.1 Å². The largest absolute Gasteiger partial charge is 0.374 e. The summed E-state index contributed by atoms with van der Waals surface area (Å²) in [4.78, 5) is 16.6. The van der Waals surface area contributed by atoms with E-state index in [9.17, 15) is 0 Å². The number of nitrogens with zero attached hydrogens (tertiary/aromatic N) is 4. The Morgan fingerprint density at radius 2 is 1.88 bits per heavy atom. The third-order valence-electron chi connectivity index (χ3n) is 5.88. The van der Waals surface area contributed by atoms with Gasteiger partial charge in [0.2, 0.25) is 0 Å². The van der Waals surface area contributed by atoms with E-state index in [1.54, 1.807) is 12.3 Å². The first kappa shape index (κ1) is 23.7. The van der Waals surface area contributed by atoms with E-state index in [0.717, 1.165) is 60.1 Å². The van der Waals surface area contributed by atoms with Gasteiger partial charge in [0, 0.05) is 36.5 Å². The molecule has 174 valence electrons. The van der Waals surface area contributed by atoms with Gasteiger partial charge in [-0.2, -0.15) is 0 Å². The van der Waals surface area contributed by atoms with E-state index in [1.807, 2.05) is 31.3 Å². The third-order valence-corrected chi connectivity index (χ3v) is 6.42. The fraction of sp³-hybridized carbons (Fsp3) is 0.400. The summed E-state index contributed by atoms with van der Waals surface area (Å²) in [5.74, 6) is 0.811. The van der Waals surface area contributed by atoms with Crippen molar-refractivity contribution in [3.63, 3.8) is 0 Å². The topological polar surface area (TPSA) is 63.2 Å². The minimum Gasteiger partial charge on any atom is -0.374 e. The van der Waals surface area contributed by atoms with Gasteiger partial charge in [-0.25, -0.2) is 9.97 Å². The first-order chi connectivity index (χ1) is 16.0. The first-order valence-electron chi connectivity index (χ1n) is 11.4. The molecular weight excluding hydrogens is 457 g/mol. The summed E-state index contributed by atoms with van der Waals surface area (Å²) in [5, 5.41) is 4.84. The fourth-order valence-corrected chi connectivity index (χ4v) is 4.73. The smallest absolute Gasteiger partial charge is 0.148 e. The summed E-state index contributed by atoms with van der Waals surface area (Å²) in [6.07, 6.45) is 5.20. The van der Waals surface area contributed by atoms with E-state index in [0.29, 0.717) is 16.7 Å². The number of aryl methyl sites for hydroxylation is 2. The molecule has 1 aromatic carbocycles. The van der Waals surface area contributed by atoms with Crippen LogP contribution in [0.4, 0.5) is 11.5 Å². The number of benzene rings is 1. The highest BCUT2D eigenvalue weighted by atomic mass is 35.5. The minimum absolute atomic E-state index is 0.0391. The third kappa shape index (κ3) is 5.24. The van der Waals surface area contributed by atoms with Gasteiger partial charge in [0.05, 0.1) is 46.1 Å². The Balaban J connectivity index is 1.65. The number of hydrogen-bond donors (Lipinski definition) is 1. The molecule has 1 aliphatic rings. The first-order valence-corrected chi connectivity index (χ1v) is 12.2. The van der Waals surface area contributed by atoms with Crippen LogP contribution < -0.4 is 10.2 Å². The molecule has 0 saturated carbocycles. The number of aromatic nitrogens is 3.